The van der Waals surface area contributed by atoms with Gasteiger partial charge in [-0.05, 0) is 18.6 Å². The minimum Gasteiger partial charge on any atom is -0.388 e. The maximum absolute atomic E-state index is 3.77. The van der Waals surface area contributed by atoms with E-state index in [1.54, 1.807) is 6.08 Å². The molecule has 1 nitrogen and oxygen atoms in total. The molecule has 0 saturated carbocycles. The highest BCUT2D eigenvalue weighted by molar-refractivity contribution is 5.27. The predicted molar refractivity (Wildman–Crippen MR) is 44.3 cm³/mol. The monoisotopic (exact) mass is 125 g/mol. The van der Waals surface area contributed by atoms with E-state index in [-0.39, 0.29) is 1.43 Å². The van der Waals surface area contributed by atoms with Gasteiger partial charge in [-0.15, -0.1) is 0 Å². The van der Waals surface area contributed by atoms with Crippen LogP contribution in [0.2, 0.25) is 0 Å². The Hall–Kier alpha value is -0.980. The van der Waals surface area contributed by atoms with Gasteiger partial charge in [0.2, 0.25) is 0 Å². The van der Waals surface area contributed by atoms with Crippen LogP contribution in [0.25, 0.3) is 0 Å². The molecule has 9 heavy (non-hydrogen) atoms. The average molecular weight is 125 g/mol. The van der Waals surface area contributed by atoms with Crippen LogP contribution >= 0.6 is 0 Å². The van der Waals surface area contributed by atoms with Crippen molar-refractivity contribution in [3.8, 4) is 0 Å². The Bertz CT molecular complexity index is 147. The van der Waals surface area contributed by atoms with Crippen molar-refractivity contribution in [1.29, 1.82) is 0 Å². The molecule has 0 rings (SSSR count). The van der Waals surface area contributed by atoms with Gasteiger partial charge < -0.3 is 5.32 Å². The van der Waals surface area contributed by atoms with Gasteiger partial charge in [0.1, 0.15) is 0 Å². The fourth-order valence-corrected chi connectivity index (χ4v) is 0.557. The molecule has 0 saturated heterocycles. The molecular formula is C8H15N. The van der Waals surface area contributed by atoms with Crippen LogP contribution in [-0.2, 0) is 0 Å². The fraction of sp³-hybridized carbons (Fsp3) is 0.250. The van der Waals surface area contributed by atoms with Gasteiger partial charge in [0.15, 0.2) is 0 Å². The van der Waals surface area contributed by atoms with Crippen LogP contribution in [0.4, 0.5) is 0 Å². The minimum absolute atomic E-state index is 0. The first kappa shape index (κ1) is 8.02. The number of allylic oxidation sites excluding steroid dienone is 3. The SMILES string of the molecule is C=C/C=C(/NC)C(=C)C.[HH]. The summed E-state index contributed by atoms with van der Waals surface area (Å²) in [7, 11) is 1.87. The highest BCUT2D eigenvalue weighted by Gasteiger charge is 1.88. The van der Waals surface area contributed by atoms with Crippen LogP contribution in [0, 0.1) is 0 Å². The number of hydrogen-bond acceptors (Lipinski definition) is 1. The molecule has 52 valence electrons. The molecule has 0 aromatic rings. The Balaban J connectivity index is 0. The van der Waals surface area contributed by atoms with Crippen molar-refractivity contribution < 1.29 is 1.43 Å². The second-order valence-corrected chi connectivity index (χ2v) is 1.85. The first-order valence-corrected chi connectivity index (χ1v) is 2.88. The quantitative estimate of drug-likeness (QED) is 0.569. The van der Waals surface area contributed by atoms with Crippen molar-refractivity contribution in [2.24, 2.45) is 0 Å². The number of likely N-dealkylation sites (N-methyl/N-ethyl adjacent to an activating group) is 1. The van der Waals surface area contributed by atoms with Crippen LogP contribution in [-0.4, -0.2) is 7.05 Å². The van der Waals surface area contributed by atoms with E-state index in [4.69, 9.17) is 0 Å². The summed E-state index contributed by atoms with van der Waals surface area (Å²) in [4.78, 5) is 0. The maximum Gasteiger partial charge on any atom is 0.0361 e. The number of nitrogens with one attached hydrogen (secondary N) is 1. The summed E-state index contributed by atoms with van der Waals surface area (Å²) in [5, 5.41) is 2.99. The summed E-state index contributed by atoms with van der Waals surface area (Å²) in [6, 6.07) is 0. The molecule has 0 spiro atoms. The third-order valence-corrected chi connectivity index (χ3v) is 1.01. The molecule has 0 aliphatic rings. The van der Waals surface area contributed by atoms with Crippen LogP contribution in [0.15, 0.2) is 36.6 Å². The minimum atomic E-state index is 0. The summed E-state index contributed by atoms with van der Waals surface area (Å²) in [5.41, 5.74) is 2.06. The van der Waals surface area contributed by atoms with Gasteiger partial charge in [0, 0.05) is 14.2 Å². The standard InChI is InChI=1S/C8H13N.H2/c1-5-6-8(9-4)7(2)3;/h5-6,9H,1-2H2,3-4H3;1H/b8-6+;. The zero-order valence-corrected chi connectivity index (χ0v) is 6.07. The zero-order valence-electron chi connectivity index (χ0n) is 6.07. The smallest absolute Gasteiger partial charge is 0.0361 e. The molecule has 0 heterocycles. The molecule has 0 aliphatic heterocycles. The van der Waals surface area contributed by atoms with E-state index >= 15 is 0 Å². The van der Waals surface area contributed by atoms with Crippen molar-refractivity contribution in [2.75, 3.05) is 7.05 Å². The van der Waals surface area contributed by atoms with E-state index in [2.05, 4.69) is 18.5 Å². The largest absolute Gasteiger partial charge is 0.388 e. The topological polar surface area (TPSA) is 12.0 Å². The van der Waals surface area contributed by atoms with Crippen LogP contribution < -0.4 is 5.32 Å². The van der Waals surface area contributed by atoms with E-state index < -0.39 is 0 Å². The van der Waals surface area contributed by atoms with Crippen molar-refractivity contribution in [2.45, 2.75) is 6.92 Å². The second-order valence-electron chi connectivity index (χ2n) is 1.85. The Morgan fingerprint density at radius 2 is 2.22 bits per heavy atom. The Kier molecular flexibility index (Phi) is 3.52. The maximum atomic E-state index is 3.77. The van der Waals surface area contributed by atoms with Gasteiger partial charge in [-0.1, -0.05) is 19.2 Å². The van der Waals surface area contributed by atoms with E-state index in [9.17, 15) is 0 Å². The average Bonchev–Trinajstić information content (AvgIpc) is 1.82. The molecule has 0 aromatic heterocycles. The van der Waals surface area contributed by atoms with Gasteiger partial charge in [-0.3, -0.25) is 0 Å². The molecule has 1 N–H and O–H groups in total. The normalized spacial score (nSPS) is 10.7. The summed E-state index contributed by atoms with van der Waals surface area (Å²) in [5.74, 6) is 0. The van der Waals surface area contributed by atoms with Gasteiger partial charge >= 0.3 is 0 Å². The highest BCUT2D eigenvalue weighted by atomic mass is 14.8. The van der Waals surface area contributed by atoms with Crippen molar-refractivity contribution in [1.82, 2.24) is 5.32 Å². The van der Waals surface area contributed by atoms with Crippen molar-refractivity contribution >= 4 is 0 Å². The first-order chi connectivity index (χ1) is 4.22. The molecule has 0 atom stereocenters. The summed E-state index contributed by atoms with van der Waals surface area (Å²) in [6.07, 6.45) is 3.63. The van der Waals surface area contributed by atoms with E-state index in [1.165, 1.54) is 0 Å². The van der Waals surface area contributed by atoms with E-state index in [0.29, 0.717) is 0 Å². The molecular weight excluding hydrogens is 110 g/mol. The van der Waals surface area contributed by atoms with Gasteiger partial charge in [-0.25, -0.2) is 0 Å². The number of rotatable bonds is 3. The molecule has 1 heteroatoms. The van der Waals surface area contributed by atoms with Crippen molar-refractivity contribution in [3.63, 3.8) is 0 Å². The molecule has 0 amide bonds. The van der Waals surface area contributed by atoms with Gasteiger partial charge in [-0.2, -0.15) is 0 Å². The Morgan fingerprint density at radius 3 is 2.33 bits per heavy atom. The van der Waals surface area contributed by atoms with Crippen molar-refractivity contribution in [3.05, 3.63) is 36.6 Å². The molecule has 0 radical (unpaired) electrons. The third-order valence-electron chi connectivity index (χ3n) is 1.01. The molecule has 0 unspecified atom stereocenters. The third kappa shape index (κ3) is 2.75. The Morgan fingerprint density at radius 1 is 1.67 bits per heavy atom. The lowest BCUT2D eigenvalue weighted by molar-refractivity contribution is 1.00. The first-order valence-electron chi connectivity index (χ1n) is 2.88. The highest BCUT2D eigenvalue weighted by Crippen LogP contribution is 2.00. The lowest BCUT2D eigenvalue weighted by Gasteiger charge is -2.02. The van der Waals surface area contributed by atoms with Crippen LogP contribution in [0.5, 0.6) is 0 Å². The summed E-state index contributed by atoms with van der Waals surface area (Å²) in [6.45, 7) is 9.29. The summed E-state index contributed by atoms with van der Waals surface area (Å²) < 4.78 is 0. The molecule has 0 fully saturated rings. The number of hydrogen-bond donors (Lipinski definition) is 1. The van der Waals surface area contributed by atoms with Gasteiger partial charge in [0.05, 0.1) is 0 Å². The molecule has 0 aromatic carbocycles. The van der Waals surface area contributed by atoms with E-state index in [0.717, 1.165) is 11.3 Å². The zero-order chi connectivity index (χ0) is 7.28. The fourth-order valence-electron chi connectivity index (χ4n) is 0.557. The lowest BCUT2D eigenvalue weighted by atomic mass is 10.2. The molecule has 0 aliphatic carbocycles. The second kappa shape index (κ2) is 3.96. The predicted octanol–water partition coefficient (Wildman–Crippen LogP) is 2.10. The Labute approximate surface area is 58.3 Å². The van der Waals surface area contributed by atoms with Crippen LogP contribution in [0.3, 0.4) is 0 Å². The van der Waals surface area contributed by atoms with E-state index in [1.807, 2.05) is 20.0 Å². The lowest BCUT2D eigenvalue weighted by Crippen LogP contribution is -2.05. The molecule has 0 bridgehead atoms. The van der Waals surface area contributed by atoms with Gasteiger partial charge in [0.25, 0.3) is 0 Å². The van der Waals surface area contributed by atoms with Crippen LogP contribution in [0.1, 0.15) is 8.35 Å². The summed E-state index contributed by atoms with van der Waals surface area (Å²) >= 11 is 0.